The molecular weight excluding hydrogens is 564 g/mol. The lowest BCUT2D eigenvalue weighted by Gasteiger charge is -2.16. The maximum atomic E-state index is 13.1. The number of fused-ring (bicyclic) bond motifs is 1. The molecule has 4 aromatic carbocycles. The van der Waals surface area contributed by atoms with E-state index in [1.807, 2.05) is 50.2 Å². The minimum absolute atomic E-state index is 0.216. The number of nitrogens with one attached hydrogen (secondary N) is 1. The number of halogens is 1. The molecule has 1 heterocycles. The Balaban J connectivity index is 1.30. The van der Waals surface area contributed by atoms with E-state index in [1.54, 1.807) is 24.3 Å². The molecule has 40 heavy (non-hydrogen) atoms. The van der Waals surface area contributed by atoms with Crippen molar-refractivity contribution in [2.24, 2.45) is 0 Å². The van der Waals surface area contributed by atoms with Gasteiger partial charge in [-0.3, -0.25) is 15.0 Å². The zero-order valence-corrected chi connectivity index (χ0v) is 24.2. The standard InChI is InChI=1S/C31H25ClN2O4S2/c1-3-37-27-16-20(10-13-26(27)38-18-21-9-11-22-6-4-5-7-23(22)15-21)17-28-30(36)34(31(39)40-28)33-29(35)24-12-8-19(2)14-25(24)32/h4-17H,3,18H2,1-2H3,(H,33,35)/b28-17+. The fourth-order valence-electron chi connectivity index (χ4n) is 4.17. The normalized spacial score (nSPS) is 14.2. The van der Waals surface area contributed by atoms with Gasteiger partial charge in [0, 0.05) is 0 Å². The van der Waals surface area contributed by atoms with E-state index >= 15 is 0 Å². The number of benzene rings is 4. The summed E-state index contributed by atoms with van der Waals surface area (Å²) in [7, 11) is 0. The van der Waals surface area contributed by atoms with Gasteiger partial charge in [0.05, 0.1) is 22.1 Å². The summed E-state index contributed by atoms with van der Waals surface area (Å²) in [5, 5.41) is 3.69. The lowest BCUT2D eigenvalue weighted by Crippen LogP contribution is -2.44. The van der Waals surface area contributed by atoms with Crippen LogP contribution in [0.2, 0.25) is 5.02 Å². The van der Waals surface area contributed by atoms with Crippen LogP contribution in [0.3, 0.4) is 0 Å². The van der Waals surface area contributed by atoms with Crippen molar-refractivity contribution >= 4 is 68.6 Å². The first kappa shape index (κ1) is 27.7. The maximum absolute atomic E-state index is 13.1. The van der Waals surface area contributed by atoms with Crippen molar-refractivity contribution in [3.63, 3.8) is 0 Å². The van der Waals surface area contributed by atoms with E-state index in [4.69, 9.17) is 33.3 Å². The van der Waals surface area contributed by atoms with Gasteiger partial charge in [-0.25, -0.2) is 0 Å². The Kier molecular flexibility index (Phi) is 8.40. The first-order valence-electron chi connectivity index (χ1n) is 12.5. The predicted molar refractivity (Wildman–Crippen MR) is 165 cm³/mol. The smallest absolute Gasteiger partial charge is 0.285 e. The molecule has 0 radical (unpaired) electrons. The molecule has 9 heteroatoms. The number of ether oxygens (including phenoxy) is 2. The largest absolute Gasteiger partial charge is 0.490 e. The van der Waals surface area contributed by atoms with Crippen LogP contribution in [0.4, 0.5) is 0 Å². The van der Waals surface area contributed by atoms with E-state index in [9.17, 15) is 9.59 Å². The highest BCUT2D eigenvalue weighted by Gasteiger charge is 2.34. The Morgan fingerprint density at radius 2 is 1.80 bits per heavy atom. The minimum Gasteiger partial charge on any atom is -0.490 e. The number of rotatable bonds is 8. The van der Waals surface area contributed by atoms with Gasteiger partial charge in [-0.2, -0.15) is 5.01 Å². The van der Waals surface area contributed by atoms with Gasteiger partial charge in [-0.15, -0.1) is 0 Å². The molecule has 0 unspecified atom stereocenters. The molecule has 2 amide bonds. The van der Waals surface area contributed by atoms with Crippen molar-refractivity contribution in [3.8, 4) is 11.5 Å². The number of thioether (sulfide) groups is 1. The van der Waals surface area contributed by atoms with E-state index in [0.29, 0.717) is 34.6 Å². The summed E-state index contributed by atoms with van der Waals surface area (Å²) in [6.45, 7) is 4.61. The van der Waals surface area contributed by atoms with Crippen molar-refractivity contribution in [1.29, 1.82) is 0 Å². The zero-order valence-electron chi connectivity index (χ0n) is 21.8. The topological polar surface area (TPSA) is 67.9 Å². The van der Waals surface area contributed by atoms with Crippen LogP contribution in [0.15, 0.2) is 83.8 Å². The molecule has 1 saturated heterocycles. The number of carbonyl (C=O) groups excluding carboxylic acids is 2. The number of hydrogen-bond donors (Lipinski definition) is 1. The Labute approximate surface area is 246 Å². The number of carbonyl (C=O) groups is 2. The minimum atomic E-state index is -0.519. The molecule has 0 atom stereocenters. The average Bonchev–Trinajstić information content (AvgIpc) is 3.19. The molecule has 0 aliphatic carbocycles. The van der Waals surface area contributed by atoms with E-state index < -0.39 is 11.8 Å². The highest BCUT2D eigenvalue weighted by atomic mass is 35.5. The number of amides is 2. The number of hydrazine groups is 1. The highest BCUT2D eigenvalue weighted by Crippen LogP contribution is 2.35. The van der Waals surface area contributed by atoms with Crippen LogP contribution in [0.5, 0.6) is 11.5 Å². The van der Waals surface area contributed by atoms with Gasteiger partial charge in [-0.05, 0) is 89.9 Å². The monoisotopic (exact) mass is 588 g/mol. The third-order valence-corrected chi connectivity index (χ3v) is 7.76. The third kappa shape index (κ3) is 6.14. The van der Waals surface area contributed by atoms with E-state index in [2.05, 4.69) is 29.7 Å². The van der Waals surface area contributed by atoms with Crippen LogP contribution in [-0.4, -0.2) is 27.8 Å². The Morgan fingerprint density at radius 1 is 1.00 bits per heavy atom. The van der Waals surface area contributed by atoms with Crippen LogP contribution in [0.25, 0.3) is 16.8 Å². The van der Waals surface area contributed by atoms with Crippen molar-refractivity contribution < 1.29 is 19.1 Å². The SMILES string of the molecule is CCOc1cc(/C=C2/SC(=S)N(NC(=O)c3ccc(C)cc3Cl)C2=O)ccc1OCc1ccc2ccccc2c1. The highest BCUT2D eigenvalue weighted by molar-refractivity contribution is 8.26. The van der Waals surface area contributed by atoms with Crippen molar-refractivity contribution in [1.82, 2.24) is 10.4 Å². The van der Waals surface area contributed by atoms with Crippen LogP contribution in [0.1, 0.15) is 34.0 Å². The summed E-state index contributed by atoms with van der Waals surface area (Å²) in [5.41, 5.74) is 5.52. The summed E-state index contributed by atoms with van der Waals surface area (Å²) >= 11 is 12.7. The fraction of sp³-hybridized carbons (Fsp3) is 0.129. The quantitative estimate of drug-likeness (QED) is 0.172. The fourth-order valence-corrected chi connectivity index (χ4v) is 5.67. The lowest BCUT2D eigenvalue weighted by molar-refractivity contribution is -0.123. The molecule has 0 aromatic heterocycles. The Morgan fingerprint density at radius 3 is 2.58 bits per heavy atom. The van der Waals surface area contributed by atoms with Crippen molar-refractivity contribution in [3.05, 3.63) is 111 Å². The van der Waals surface area contributed by atoms with Crippen LogP contribution >= 0.6 is 35.6 Å². The van der Waals surface area contributed by atoms with Gasteiger partial charge in [0.2, 0.25) is 0 Å². The van der Waals surface area contributed by atoms with E-state index in [-0.39, 0.29) is 9.88 Å². The van der Waals surface area contributed by atoms with Crippen LogP contribution < -0.4 is 14.9 Å². The number of hydrogen-bond acceptors (Lipinski definition) is 6. The molecule has 1 fully saturated rings. The first-order chi connectivity index (χ1) is 19.3. The van der Waals surface area contributed by atoms with Gasteiger partial charge in [0.25, 0.3) is 11.8 Å². The maximum Gasteiger partial charge on any atom is 0.285 e. The second-order valence-electron chi connectivity index (χ2n) is 9.05. The van der Waals surface area contributed by atoms with Gasteiger partial charge in [-0.1, -0.05) is 71.9 Å². The first-order valence-corrected chi connectivity index (χ1v) is 14.1. The molecule has 5 rings (SSSR count). The molecule has 202 valence electrons. The molecule has 4 aromatic rings. The van der Waals surface area contributed by atoms with Crippen LogP contribution in [0, 0.1) is 6.92 Å². The lowest BCUT2D eigenvalue weighted by atomic mass is 10.1. The number of thiocarbonyl (C=S) groups is 1. The molecule has 1 N–H and O–H groups in total. The summed E-state index contributed by atoms with van der Waals surface area (Å²) < 4.78 is 12.2. The van der Waals surface area contributed by atoms with Gasteiger partial charge >= 0.3 is 0 Å². The van der Waals surface area contributed by atoms with E-state index in [1.165, 1.54) is 5.39 Å². The molecule has 1 aliphatic heterocycles. The molecule has 1 aliphatic rings. The summed E-state index contributed by atoms with van der Waals surface area (Å²) in [6.07, 6.45) is 1.71. The molecule has 6 nitrogen and oxygen atoms in total. The average molecular weight is 589 g/mol. The molecule has 0 saturated carbocycles. The molecular formula is C31H25ClN2O4S2. The second kappa shape index (κ2) is 12.1. The predicted octanol–water partition coefficient (Wildman–Crippen LogP) is 7.33. The summed E-state index contributed by atoms with van der Waals surface area (Å²) in [4.78, 5) is 26.2. The third-order valence-electron chi connectivity index (χ3n) is 6.15. The van der Waals surface area contributed by atoms with Crippen molar-refractivity contribution in [2.45, 2.75) is 20.5 Å². The summed E-state index contributed by atoms with van der Waals surface area (Å²) in [6, 6.07) is 25.0. The number of aryl methyl sites for hydroxylation is 1. The molecule has 0 spiro atoms. The molecule has 0 bridgehead atoms. The van der Waals surface area contributed by atoms with Gasteiger partial charge in [0.15, 0.2) is 15.8 Å². The zero-order chi connectivity index (χ0) is 28.2. The Hall–Kier alpha value is -3.85. The second-order valence-corrected chi connectivity index (χ2v) is 11.1. The van der Waals surface area contributed by atoms with Gasteiger partial charge < -0.3 is 9.47 Å². The van der Waals surface area contributed by atoms with Crippen LogP contribution in [-0.2, 0) is 11.4 Å². The van der Waals surface area contributed by atoms with Crippen molar-refractivity contribution in [2.75, 3.05) is 6.61 Å². The Bertz CT molecular complexity index is 1670. The van der Waals surface area contributed by atoms with E-state index in [0.717, 1.165) is 38.8 Å². The van der Waals surface area contributed by atoms with Gasteiger partial charge in [0.1, 0.15) is 6.61 Å². The number of nitrogens with zero attached hydrogens (tertiary/aromatic N) is 1. The summed E-state index contributed by atoms with van der Waals surface area (Å²) in [5.74, 6) is 0.215.